The van der Waals surface area contributed by atoms with Crippen molar-refractivity contribution in [1.82, 2.24) is 25.4 Å². The smallest absolute Gasteiger partial charge is 0.405 e. The number of fused-ring (bicyclic) bond motifs is 3. The Morgan fingerprint density at radius 2 is 2.13 bits per heavy atom. The molecule has 2 unspecified atom stereocenters. The highest BCUT2D eigenvalue weighted by Gasteiger charge is 2.44. The van der Waals surface area contributed by atoms with E-state index in [1.807, 2.05) is 19.2 Å². The number of ether oxygens (including phenoxy) is 3. The fourth-order valence-corrected chi connectivity index (χ4v) is 5.17. The Morgan fingerprint density at radius 1 is 1.33 bits per heavy atom. The molecule has 39 heavy (non-hydrogen) atoms. The molecule has 2 fully saturated rings. The number of halogens is 3. The molecule has 5 heterocycles. The molecule has 2 bridgehead atoms. The van der Waals surface area contributed by atoms with Crippen molar-refractivity contribution >= 4 is 17.8 Å². The summed E-state index contributed by atoms with van der Waals surface area (Å²) in [6.07, 6.45) is -0.996. The number of anilines is 1. The highest BCUT2D eigenvalue weighted by atomic mass is 19.4. The van der Waals surface area contributed by atoms with E-state index in [0.29, 0.717) is 43.3 Å². The van der Waals surface area contributed by atoms with Crippen molar-refractivity contribution in [3.8, 4) is 5.75 Å². The number of amides is 3. The normalized spacial score (nSPS) is 25.6. The van der Waals surface area contributed by atoms with Crippen LogP contribution in [0.2, 0.25) is 0 Å². The number of carbonyl (C=O) groups excluding carboxylic acids is 2. The van der Waals surface area contributed by atoms with Crippen molar-refractivity contribution in [2.75, 3.05) is 38.2 Å². The molecular weight excluding hydrogens is 521 g/mol. The number of dihydropyridines is 1. The van der Waals surface area contributed by atoms with Crippen LogP contribution in [0.1, 0.15) is 27.2 Å². The van der Waals surface area contributed by atoms with E-state index in [9.17, 15) is 22.8 Å². The Morgan fingerprint density at radius 3 is 2.85 bits per heavy atom. The maximum Gasteiger partial charge on any atom is 0.405 e. The number of pyridine rings is 1. The first-order chi connectivity index (χ1) is 18.4. The van der Waals surface area contributed by atoms with Gasteiger partial charge < -0.3 is 29.7 Å². The minimum absolute atomic E-state index is 0.191. The zero-order valence-corrected chi connectivity index (χ0v) is 21.8. The van der Waals surface area contributed by atoms with Crippen LogP contribution in [0.25, 0.3) is 0 Å². The monoisotopic (exact) mass is 552 g/mol. The van der Waals surface area contributed by atoms with Crippen LogP contribution in [0.3, 0.4) is 0 Å². The second-order valence-electron chi connectivity index (χ2n) is 10.3. The van der Waals surface area contributed by atoms with Gasteiger partial charge >= 0.3 is 12.2 Å². The first-order valence-corrected chi connectivity index (χ1v) is 12.7. The van der Waals surface area contributed by atoms with Crippen LogP contribution in [0, 0.1) is 0 Å². The van der Waals surface area contributed by atoms with Gasteiger partial charge in [-0.15, -0.1) is 0 Å². The topological polar surface area (TPSA) is 117 Å². The number of nitrogens with one attached hydrogen (secondary N) is 3. The molecule has 2 saturated heterocycles. The van der Waals surface area contributed by atoms with E-state index in [2.05, 4.69) is 20.5 Å². The maximum absolute atomic E-state index is 13.5. The average Bonchev–Trinajstić information content (AvgIpc) is 3.43. The summed E-state index contributed by atoms with van der Waals surface area (Å²) in [5.41, 5.74) is 1.44. The van der Waals surface area contributed by atoms with Crippen LogP contribution < -0.4 is 20.7 Å². The van der Waals surface area contributed by atoms with Crippen molar-refractivity contribution in [2.24, 2.45) is 0 Å². The lowest BCUT2D eigenvalue weighted by Gasteiger charge is -2.42. The standard InChI is InChI=1S/C25H31F3N6O5/c1-14-8-18(22(35)30-13-25(26,27)28)31-21-20(14)33-7-5-15(10-33)34(21)23(36)32-19-9-16(4-6-29-19)37-11-17-12-38-24(2,3)39-17/h4,6,8-9,15,17-18,31H,5,7,10-13H2,1-3H3,(H,30,35)(H,29,32,36)/t15?,17-,18?/m0/s1. The first-order valence-electron chi connectivity index (χ1n) is 12.7. The maximum atomic E-state index is 13.5. The lowest BCUT2D eigenvalue weighted by Crippen LogP contribution is -2.56. The van der Waals surface area contributed by atoms with Crippen LogP contribution >= 0.6 is 0 Å². The van der Waals surface area contributed by atoms with Crippen LogP contribution in [0.15, 0.2) is 41.5 Å². The van der Waals surface area contributed by atoms with Gasteiger partial charge in [0.05, 0.1) is 18.3 Å². The van der Waals surface area contributed by atoms with E-state index < -0.39 is 36.5 Å². The van der Waals surface area contributed by atoms with E-state index in [4.69, 9.17) is 14.2 Å². The Labute approximate surface area is 223 Å². The Bertz CT molecular complexity index is 1200. The molecule has 0 saturated carbocycles. The van der Waals surface area contributed by atoms with Gasteiger partial charge in [-0.1, -0.05) is 0 Å². The van der Waals surface area contributed by atoms with Crippen molar-refractivity contribution in [3.63, 3.8) is 0 Å². The molecule has 212 valence electrons. The van der Waals surface area contributed by atoms with E-state index in [1.165, 1.54) is 11.1 Å². The molecule has 0 radical (unpaired) electrons. The molecule has 4 aliphatic rings. The van der Waals surface area contributed by atoms with Gasteiger partial charge in [-0.2, -0.15) is 13.2 Å². The molecule has 11 nitrogen and oxygen atoms in total. The van der Waals surface area contributed by atoms with Crippen LogP contribution in [0.5, 0.6) is 5.75 Å². The molecule has 3 atom stereocenters. The molecule has 4 aliphatic heterocycles. The number of hydrogen-bond acceptors (Lipinski definition) is 8. The Balaban J connectivity index is 1.28. The number of rotatable bonds is 6. The molecule has 3 N–H and O–H groups in total. The molecular formula is C25H31F3N6O5. The molecule has 0 aromatic carbocycles. The zero-order chi connectivity index (χ0) is 27.9. The predicted molar refractivity (Wildman–Crippen MR) is 132 cm³/mol. The Hall–Kier alpha value is -3.52. The van der Waals surface area contributed by atoms with Gasteiger partial charge in [0.15, 0.2) is 5.79 Å². The second-order valence-corrected chi connectivity index (χ2v) is 10.3. The molecule has 1 aromatic heterocycles. The summed E-state index contributed by atoms with van der Waals surface area (Å²) < 4.78 is 55.0. The lowest BCUT2D eigenvalue weighted by atomic mass is 10.0. The number of urea groups is 1. The minimum Gasteiger partial charge on any atom is -0.491 e. The zero-order valence-electron chi connectivity index (χ0n) is 21.8. The van der Waals surface area contributed by atoms with Gasteiger partial charge in [0.25, 0.3) is 0 Å². The van der Waals surface area contributed by atoms with Gasteiger partial charge in [-0.25, -0.2) is 9.78 Å². The Kier molecular flexibility index (Phi) is 7.10. The third-order valence-electron chi connectivity index (χ3n) is 6.83. The largest absolute Gasteiger partial charge is 0.491 e. The van der Waals surface area contributed by atoms with Gasteiger partial charge in [0.2, 0.25) is 5.91 Å². The van der Waals surface area contributed by atoms with E-state index in [0.717, 1.165) is 5.70 Å². The second kappa shape index (κ2) is 10.2. The summed E-state index contributed by atoms with van der Waals surface area (Å²) in [4.78, 5) is 33.9. The summed E-state index contributed by atoms with van der Waals surface area (Å²) >= 11 is 0. The fourth-order valence-electron chi connectivity index (χ4n) is 5.17. The number of carbonyl (C=O) groups is 2. The highest BCUT2D eigenvalue weighted by molar-refractivity contribution is 5.91. The van der Waals surface area contributed by atoms with Gasteiger partial charge in [0.1, 0.15) is 42.7 Å². The number of nitrogens with zero attached hydrogens (tertiary/aromatic N) is 3. The SMILES string of the molecule is CC1=CC(C(=O)NCC(F)(F)F)NC2=C1N1CCC(C1)N2C(=O)Nc1cc(OC[C@H]2COC(C)(C)O2)ccn1. The summed E-state index contributed by atoms with van der Waals surface area (Å²) in [7, 11) is 0. The number of allylic oxidation sites excluding steroid dienone is 1. The van der Waals surface area contributed by atoms with Crippen LogP contribution in [0.4, 0.5) is 23.8 Å². The molecule has 3 amide bonds. The van der Waals surface area contributed by atoms with Crippen molar-refractivity contribution < 1.29 is 37.0 Å². The number of aromatic nitrogens is 1. The molecule has 0 aliphatic carbocycles. The van der Waals surface area contributed by atoms with Gasteiger partial charge in [0, 0.05) is 25.4 Å². The predicted octanol–water partition coefficient (Wildman–Crippen LogP) is 2.30. The van der Waals surface area contributed by atoms with Crippen LogP contribution in [-0.2, 0) is 14.3 Å². The molecule has 1 aromatic rings. The first kappa shape index (κ1) is 27.1. The minimum atomic E-state index is -4.53. The number of alkyl halides is 3. The summed E-state index contributed by atoms with van der Waals surface area (Å²) in [6, 6.07) is 1.51. The summed E-state index contributed by atoms with van der Waals surface area (Å²) in [6.45, 7) is 5.95. The van der Waals surface area contributed by atoms with Crippen molar-refractivity contribution in [3.05, 3.63) is 41.5 Å². The lowest BCUT2D eigenvalue weighted by molar-refractivity contribution is -0.141. The third-order valence-corrected chi connectivity index (χ3v) is 6.83. The molecule has 0 spiro atoms. The summed E-state index contributed by atoms with van der Waals surface area (Å²) in [5.74, 6) is -0.386. The van der Waals surface area contributed by atoms with Crippen LogP contribution in [-0.4, -0.2) is 89.7 Å². The average molecular weight is 553 g/mol. The van der Waals surface area contributed by atoms with Crippen molar-refractivity contribution in [2.45, 2.75) is 57.3 Å². The van der Waals surface area contributed by atoms with Gasteiger partial charge in [-0.05, 0) is 44.9 Å². The highest BCUT2D eigenvalue weighted by Crippen LogP contribution is 2.36. The quantitative estimate of drug-likeness (QED) is 0.493. The van der Waals surface area contributed by atoms with Crippen molar-refractivity contribution in [1.29, 1.82) is 0 Å². The molecule has 5 rings (SSSR count). The fraction of sp³-hybridized carbons (Fsp3) is 0.560. The van der Waals surface area contributed by atoms with E-state index in [1.54, 1.807) is 25.1 Å². The van der Waals surface area contributed by atoms with E-state index in [-0.39, 0.29) is 24.6 Å². The molecule has 14 heteroatoms. The van der Waals surface area contributed by atoms with Gasteiger partial charge in [-0.3, -0.25) is 15.0 Å². The van der Waals surface area contributed by atoms with E-state index >= 15 is 0 Å². The third kappa shape index (κ3) is 6.06. The number of hydrogen-bond donors (Lipinski definition) is 3. The summed E-state index contributed by atoms with van der Waals surface area (Å²) in [5, 5.41) is 7.68.